The van der Waals surface area contributed by atoms with Gasteiger partial charge in [0.2, 0.25) is 11.0 Å². The molecule has 0 aliphatic heterocycles. The summed E-state index contributed by atoms with van der Waals surface area (Å²) in [6.07, 6.45) is 3.01. The Morgan fingerprint density at radius 1 is 1.16 bits per heavy atom. The minimum Gasteiger partial charge on any atom is -0.493 e. The average molecular weight is 457 g/mol. The summed E-state index contributed by atoms with van der Waals surface area (Å²) in [4.78, 5) is 23.1. The number of thioether (sulfide) groups is 1. The molecule has 8 nitrogen and oxygen atoms in total. The van der Waals surface area contributed by atoms with Crippen LogP contribution in [0.2, 0.25) is 0 Å². The van der Waals surface area contributed by atoms with E-state index in [0.29, 0.717) is 16.6 Å². The molecule has 0 aliphatic rings. The second-order valence-corrected chi connectivity index (χ2v) is 8.34. The van der Waals surface area contributed by atoms with Crippen LogP contribution in [0.1, 0.15) is 11.1 Å². The molecule has 0 radical (unpaired) electrons. The highest BCUT2D eigenvalue weighted by Gasteiger charge is 2.09. The Morgan fingerprint density at radius 2 is 1.97 bits per heavy atom. The van der Waals surface area contributed by atoms with Gasteiger partial charge >= 0.3 is 0 Å². The van der Waals surface area contributed by atoms with Crippen LogP contribution in [-0.2, 0) is 15.3 Å². The second-order valence-electron chi connectivity index (χ2n) is 6.14. The number of carbonyl (C=O) groups excluding carboxylic acids is 2. The van der Waals surface area contributed by atoms with Crippen molar-refractivity contribution in [1.29, 1.82) is 0 Å². The van der Waals surface area contributed by atoms with Gasteiger partial charge in [0.25, 0.3) is 5.91 Å². The lowest BCUT2D eigenvalue weighted by atomic mass is 10.2. The smallest absolute Gasteiger partial charge is 0.255 e. The van der Waals surface area contributed by atoms with Crippen LogP contribution in [0.3, 0.4) is 0 Å². The molecule has 0 unspecified atom stereocenters. The average Bonchev–Trinajstić information content (AvgIpc) is 3.22. The standard InChI is InChI=1S/C21H20N4O4S2/c1-28-17-11-14(7-9-16(17)29-12-18(22)26)8-10-19(27)23-20-24-25-21(31-20)30-13-15-5-3-2-4-6-15/h2-11H,12-13H2,1H3,(H2,22,26)(H,23,24,27)/b10-8+. The van der Waals surface area contributed by atoms with E-state index in [1.54, 1.807) is 36.0 Å². The Labute approximate surface area is 187 Å². The highest BCUT2D eigenvalue weighted by atomic mass is 32.2. The fourth-order valence-electron chi connectivity index (χ4n) is 2.41. The van der Waals surface area contributed by atoms with Gasteiger partial charge in [-0.15, -0.1) is 10.2 Å². The first kappa shape index (κ1) is 22.3. The third-order valence-corrected chi connectivity index (χ3v) is 5.87. The lowest BCUT2D eigenvalue weighted by molar-refractivity contribution is -0.120. The number of nitrogens with one attached hydrogen (secondary N) is 1. The number of aromatic nitrogens is 2. The summed E-state index contributed by atoms with van der Waals surface area (Å²) in [7, 11) is 1.48. The Kier molecular flexibility index (Phi) is 8.02. The van der Waals surface area contributed by atoms with Crippen LogP contribution >= 0.6 is 23.1 Å². The molecule has 31 heavy (non-hydrogen) atoms. The van der Waals surface area contributed by atoms with Crippen molar-refractivity contribution < 1.29 is 19.1 Å². The first-order valence-electron chi connectivity index (χ1n) is 9.12. The van der Waals surface area contributed by atoms with E-state index in [9.17, 15) is 9.59 Å². The molecule has 2 amide bonds. The van der Waals surface area contributed by atoms with Crippen molar-refractivity contribution in [3.8, 4) is 11.5 Å². The maximum atomic E-state index is 12.2. The fourth-order valence-corrected chi connectivity index (χ4v) is 4.12. The van der Waals surface area contributed by atoms with Gasteiger partial charge in [0, 0.05) is 11.8 Å². The van der Waals surface area contributed by atoms with Crippen molar-refractivity contribution in [2.45, 2.75) is 10.1 Å². The van der Waals surface area contributed by atoms with Gasteiger partial charge in [0.1, 0.15) is 0 Å². The number of carbonyl (C=O) groups is 2. The zero-order valence-corrected chi connectivity index (χ0v) is 18.2. The summed E-state index contributed by atoms with van der Waals surface area (Å²) < 4.78 is 11.3. The van der Waals surface area contributed by atoms with Gasteiger partial charge in [-0.3, -0.25) is 14.9 Å². The van der Waals surface area contributed by atoms with Gasteiger partial charge in [-0.05, 0) is 29.3 Å². The first-order chi connectivity index (χ1) is 15.0. The number of hydrogen-bond donors (Lipinski definition) is 2. The molecule has 2 aromatic carbocycles. The molecule has 1 aromatic heterocycles. The molecule has 0 aliphatic carbocycles. The number of benzene rings is 2. The summed E-state index contributed by atoms with van der Waals surface area (Å²) in [5.41, 5.74) is 6.99. The third-order valence-electron chi connectivity index (χ3n) is 3.83. The normalized spacial score (nSPS) is 10.7. The summed E-state index contributed by atoms with van der Waals surface area (Å²) in [5, 5.41) is 11.2. The predicted octanol–water partition coefficient (Wildman–Crippen LogP) is 3.36. The molecule has 160 valence electrons. The number of methoxy groups -OCH3 is 1. The zero-order chi connectivity index (χ0) is 22.1. The lowest BCUT2D eigenvalue weighted by Crippen LogP contribution is -2.20. The topological polar surface area (TPSA) is 116 Å². The van der Waals surface area contributed by atoms with Crippen LogP contribution in [0.5, 0.6) is 11.5 Å². The number of amides is 2. The monoisotopic (exact) mass is 456 g/mol. The largest absolute Gasteiger partial charge is 0.493 e. The number of nitrogens with two attached hydrogens (primary N) is 1. The highest BCUT2D eigenvalue weighted by molar-refractivity contribution is 8.00. The van der Waals surface area contributed by atoms with Crippen LogP contribution in [0.25, 0.3) is 6.08 Å². The Balaban J connectivity index is 1.54. The minimum absolute atomic E-state index is 0.249. The molecule has 0 fully saturated rings. The van der Waals surface area contributed by atoms with Gasteiger partial charge in [-0.2, -0.15) is 0 Å². The molecule has 3 aromatic rings. The summed E-state index contributed by atoms with van der Waals surface area (Å²) in [5.74, 6) is 0.680. The fraction of sp³-hybridized carbons (Fsp3) is 0.143. The van der Waals surface area contributed by atoms with E-state index in [1.165, 1.54) is 30.1 Å². The van der Waals surface area contributed by atoms with E-state index < -0.39 is 5.91 Å². The molecule has 1 heterocycles. The maximum Gasteiger partial charge on any atom is 0.255 e. The lowest BCUT2D eigenvalue weighted by Gasteiger charge is -2.09. The van der Waals surface area contributed by atoms with Crippen molar-refractivity contribution in [1.82, 2.24) is 10.2 Å². The number of ether oxygens (including phenoxy) is 2. The van der Waals surface area contributed by atoms with E-state index in [2.05, 4.69) is 15.5 Å². The van der Waals surface area contributed by atoms with Crippen LogP contribution in [0, 0.1) is 0 Å². The molecule has 0 spiro atoms. The Morgan fingerprint density at radius 3 is 2.71 bits per heavy atom. The molecular weight excluding hydrogens is 436 g/mol. The van der Waals surface area contributed by atoms with E-state index in [0.717, 1.165) is 15.7 Å². The van der Waals surface area contributed by atoms with Crippen molar-refractivity contribution in [3.63, 3.8) is 0 Å². The SMILES string of the molecule is COc1cc(/C=C/C(=O)Nc2nnc(SCc3ccccc3)s2)ccc1OCC(N)=O. The van der Waals surface area contributed by atoms with Crippen LogP contribution in [0.15, 0.2) is 58.9 Å². The van der Waals surface area contributed by atoms with Crippen LogP contribution < -0.4 is 20.5 Å². The van der Waals surface area contributed by atoms with Crippen LogP contribution in [0.4, 0.5) is 5.13 Å². The first-order valence-corrected chi connectivity index (χ1v) is 10.9. The molecule has 0 atom stereocenters. The van der Waals surface area contributed by atoms with Gasteiger partial charge in [0.15, 0.2) is 22.4 Å². The zero-order valence-electron chi connectivity index (χ0n) is 16.6. The molecule has 0 bridgehead atoms. The highest BCUT2D eigenvalue weighted by Crippen LogP contribution is 2.29. The Hall–Kier alpha value is -3.37. The van der Waals surface area contributed by atoms with Crippen LogP contribution in [-0.4, -0.2) is 35.7 Å². The number of rotatable bonds is 10. The number of anilines is 1. The molecule has 10 heteroatoms. The molecule has 0 saturated heterocycles. The quantitative estimate of drug-likeness (QED) is 0.273. The van der Waals surface area contributed by atoms with E-state index in [4.69, 9.17) is 15.2 Å². The second kappa shape index (κ2) is 11.1. The van der Waals surface area contributed by atoms with Crippen molar-refractivity contribution in [3.05, 3.63) is 65.7 Å². The van der Waals surface area contributed by atoms with Crippen molar-refractivity contribution in [2.24, 2.45) is 5.73 Å². The molecule has 3 N–H and O–H groups in total. The van der Waals surface area contributed by atoms with E-state index in [-0.39, 0.29) is 12.5 Å². The number of hydrogen-bond acceptors (Lipinski definition) is 8. The number of primary amides is 1. The predicted molar refractivity (Wildman–Crippen MR) is 121 cm³/mol. The van der Waals surface area contributed by atoms with Gasteiger partial charge in [-0.1, -0.05) is 59.5 Å². The van der Waals surface area contributed by atoms with Gasteiger partial charge in [0.05, 0.1) is 7.11 Å². The van der Waals surface area contributed by atoms with Gasteiger partial charge in [-0.25, -0.2) is 0 Å². The van der Waals surface area contributed by atoms with Crippen molar-refractivity contribution in [2.75, 3.05) is 19.0 Å². The third kappa shape index (κ3) is 7.12. The van der Waals surface area contributed by atoms with E-state index in [1.807, 2.05) is 30.3 Å². The summed E-state index contributed by atoms with van der Waals surface area (Å²) >= 11 is 2.88. The molecular formula is C21H20N4O4S2. The Bertz CT molecular complexity index is 1070. The maximum absolute atomic E-state index is 12.2. The summed E-state index contributed by atoms with van der Waals surface area (Å²) in [6, 6.07) is 15.1. The van der Waals surface area contributed by atoms with Crippen molar-refractivity contribution >= 4 is 46.1 Å². The summed E-state index contributed by atoms with van der Waals surface area (Å²) in [6.45, 7) is -0.249. The van der Waals surface area contributed by atoms with Gasteiger partial charge < -0.3 is 15.2 Å². The number of nitrogens with zero attached hydrogens (tertiary/aromatic N) is 2. The minimum atomic E-state index is -0.582. The molecule has 3 rings (SSSR count). The molecule has 0 saturated carbocycles. The van der Waals surface area contributed by atoms with E-state index >= 15 is 0 Å².